The maximum atomic E-state index is 12.6. The molecule has 39 heteroatoms. The normalized spacial score (nSPS) is 14.1. The Morgan fingerprint density at radius 1 is 0.474 bits per heavy atom. The number of aliphatic hydroxyl groups excluding tert-OH is 1. The first-order valence-corrected chi connectivity index (χ1v) is 52.3. The zero-order chi connectivity index (χ0) is 95.7. The Balaban J connectivity index is 0.000000167. The van der Waals surface area contributed by atoms with Crippen LogP contribution in [0.25, 0.3) is 66.9 Å². The summed E-state index contributed by atoms with van der Waals surface area (Å²) in [6.45, 7) is 32.2. The standard InChI is InChI=1S/C33H47N9O3Si.C28H35N9O3.C17H26N4O2.C16H22ClN5OSi/c1-9-30(43)35-26-18-27(29(44-5)19-28(26)41-13-10-24(11-14-41)39(2)3)36-33-37-31(23-20-34-40(4)21-23)25-12-15-42(32(25)38-33)22-45-16-17-46(6,7)8;1-6-25(39)30-21-13-22(24(40-5)14-23(21)36-10-7-19(8-11-36)34(2)3)31-28-32-26(18-15-29-35(4)16-18)20-9-12-37(17-38)27(20)33-28;1-5-17(22)19-14-10-13(18)16(23-4)11-15(14)21-8-6-12(7-9-21)20(2)3;1-21-10-12(9-18-21)14-13-5-6-22(15(13)20-16(17)19-14)11-23-7-8-24(2,3)4/h9,12,15,18-21,24H,1,10-11,13-14,16-17,22H2,2-8H3,(H,35,43)(H,36,37,38);6,9,12-16,19,38H,1,7-8,10-11,17H2,2-5H3,(H,30,39)(H,31,32,33);5,10-12H,1,6-9,18H2,2-4H3,(H,19,22);5-6,9-10H,7-8,11H2,1-4H3. The topological polar surface area (TPSA) is 369 Å². The van der Waals surface area contributed by atoms with Crippen molar-refractivity contribution in [2.45, 2.75) is 128 Å². The van der Waals surface area contributed by atoms with Gasteiger partial charge in [0.25, 0.3) is 0 Å². The van der Waals surface area contributed by atoms with Gasteiger partial charge in [-0.05, 0) is 159 Å². The fraction of sp³-hybridized carbons (Fsp3) is 0.426. The number of nitrogens with one attached hydrogen (secondary N) is 5. The number of anilines is 11. The summed E-state index contributed by atoms with van der Waals surface area (Å²) < 4.78 is 39.7. The van der Waals surface area contributed by atoms with Gasteiger partial charge in [0.05, 0.1) is 108 Å². The molecule has 3 saturated heterocycles. The van der Waals surface area contributed by atoms with Crippen LogP contribution >= 0.6 is 11.6 Å². The number of rotatable bonds is 33. The second-order valence-electron chi connectivity index (χ2n) is 36.4. The minimum absolute atomic E-state index is 0.225. The Bertz CT molecular complexity index is 6040. The Kier molecular flexibility index (Phi) is 33.5. The first kappa shape index (κ1) is 99.5. The van der Waals surface area contributed by atoms with Crippen LogP contribution in [0.1, 0.15) is 38.5 Å². The predicted molar refractivity (Wildman–Crippen MR) is 538 cm³/mol. The maximum absolute atomic E-state index is 12.6. The number of nitrogens with two attached hydrogens (primary N) is 1. The number of aliphatic hydroxyl groups is 1. The fourth-order valence-electron chi connectivity index (χ4n) is 16.2. The summed E-state index contributed by atoms with van der Waals surface area (Å²) in [7, 11) is 20.8. The molecular formula is C94H130ClN27O9Si2. The Hall–Kier alpha value is -12.5. The van der Waals surface area contributed by atoms with Gasteiger partial charge in [0.15, 0.2) is 0 Å². The third-order valence-corrected chi connectivity index (χ3v) is 27.4. The lowest BCUT2D eigenvalue weighted by Crippen LogP contribution is -2.42. The molecular weight excluding hydrogens is 1740 g/mol. The first-order valence-electron chi connectivity index (χ1n) is 44.6. The lowest BCUT2D eigenvalue weighted by atomic mass is 10.0. The van der Waals surface area contributed by atoms with Gasteiger partial charge in [-0.15, -0.1) is 0 Å². The van der Waals surface area contributed by atoms with Gasteiger partial charge in [-0.3, -0.25) is 28.4 Å². The highest BCUT2D eigenvalue weighted by atomic mass is 35.5. The van der Waals surface area contributed by atoms with E-state index >= 15 is 0 Å². The number of nitrogen functional groups attached to an aromatic ring is 1. The highest BCUT2D eigenvalue weighted by Crippen LogP contribution is 2.44. The van der Waals surface area contributed by atoms with Crippen molar-refractivity contribution in [1.29, 1.82) is 0 Å². The molecule has 15 rings (SSSR count). The molecule has 3 fully saturated rings. The molecule has 3 aliphatic rings. The van der Waals surface area contributed by atoms with Crippen molar-refractivity contribution >= 4 is 142 Å². The molecule has 12 heterocycles. The molecule has 3 aromatic carbocycles. The van der Waals surface area contributed by atoms with E-state index in [1.54, 1.807) is 70.8 Å². The Morgan fingerprint density at radius 3 is 1.11 bits per heavy atom. The number of methoxy groups -OCH3 is 3. The van der Waals surface area contributed by atoms with E-state index in [1.165, 1.54) is 18.2 Å². The van der Waals surface area contributed by atoms with Crippen LogP contribution in [0.3, 0.4) is 0 Å². The molecule has 0 radical (unpaired) electrons. The van der Waals surface area contributed by atoms with Crippen LogP contribution in [0.4, 0.5) is 63.1 Å². The van der Waals surface area contributed by atoms with Crippen molar-refractivity contribution < 1.29 is 43.2 Å². The number of halogens is 1. The largest absolute Gasteiger partial charge is 0.495 e. The smallest absolute Gasteiger partial charge is 0.247 e. The third kappa shape index (κ3) is 25.7. The average Bonchev–Trinajstić information content (AvgIpc) is 1.72. The van der Waals surface area contributed by atoms with Gasteiger partial charge in [0.2, 0.25) is 34.9 Å². The van der Waals surface area contributed by atoms with E-state index in [2.05, 4.69) is 183 Å². The lowest BCUT2D eigenvalue weighted by molar-refractivity contribution is -0.112. The van der Waals surface area contributed by atoms with Crippen LogP contribution in [-0.2, 0) is 65.2 Å². The number of aryl methyl sites for hydroxylation is 3. The first-order chi connectivity index (χ1) is 63.5. The number of amides is 3. The highest BCUT2D eigenvalue weighted by molar-refractivity contribution is 6.76. The summed E-state index contributed by atoms with van der Waals surface area (Å²) in [5.41, 5.74) is 19.3. The quantitative estimate of drug-likeness (QED) is 0.00660. The van der Waals surface area contributed by atoms with Crippen molar-refractivity contribution in [2.24, 2.45) is 21.1 Å². The molecule has 3 amide bonds. The van der Waals surface area contributed by atoms with Crippen LogP contribution in [0.2, 0.25) is 56.7 Å². The summed E-state index contributed by atoms with van der Waals surface area (Å²) in [5.74, 6) is 1.64. The number of piperidine rings is 3. The van der Waals surface area contributed by atoms with E-state index in [1.807, 2.05) is 110 Å². The molecule has 133 heavy (non-hydrogen) atoms. The highest BCUT2D eigenvalue weighted by Gasteiger charge is 2.31. The minimum Gasteiger partial charge on any atom is -0.495 e. The molecule has 9 aromatic heterocycles. The summed E-state index contributed by atoms with van der Waals surface area (Å²) in [6, 6.07) is 21.0. The molecule has 0 saturated carbocycles. The zero-order valence-electron chi connectivity index (χ0n) is 80.0. The molecule has 36 nitrogen and oxygen atoms in total. The maximum Gasteiger partial charge on any atom is 0.247 e. The predicted octanol–water partition coefficient (Wildman–Crippen LogP) is 14.5. The van der Waals surface area contributed by atoms with E-state index in [0.29, 0.717) is 113 Å². The van der Waals surface area contributed by atoms with E-state index in [-0.39, 0.29) is 29.7 Å². The van der Waals surface area contributed by atoms with Gasteiger partial charge in [0, 0.05) is 196 Å². The van der Waals surface area contributed by atoms with Crippen molar-refractivity contribution in [3.8, 4) is 51.0 Å². The number of carbonyl (C=O) groups is 3. The average molecular weight is 1870 g/mol. The number of ether oxygens (including phenoxy) is 5. The second kappa shape index (κ2) is 44.8. The van der Waals surface area contributed by atoms with Gasteiger partial charge >= 0.3 is 0 Å². The van der Waals surface area contributed by atoms with E-state index < -0.39 is 16.1 Å². The number of carbonyl (C=O) groups excluding carboxylic acids is 3. The molecule has 0 bridgehead atoms. The Morgan fingerprint density at radius 2 is 0.797 bits per heavy atom. The van der Waals surface area contributed by atoms with E-state index in [4.69, 9.17) is 61.0 Å². The molecule has 0 aliphatic carbocycles. The monoisotopic (exact) mass is 1870 g/mol. The molecule has 710 valence electrons. The van der Waals surface area contributed by atoms with Gasteiger partial charge in [-0.25, -0.2) is 15.0 Å². The van der Waals surface area contributed by atoms with Crippen molar-refractivity contribution in [2.75, 3.05) is 163 Å². The molecule has 0 unspecified atom stereocenters. The molecule has 0 atom stereocenters. The minimum atomic E-state index is -1.21. The van der Waals surface area contributed by atoms with Crippen molar-refractivity contribution in [3.63, 3.8) is 0 Å². The molecule has 8 N–H and O–H groups in total. The van der Waals surface area contributed by atoms with Gasteiger partial charge in [-0.2, -0.15) is 30.2 Å². The van der Waals surface area contributed by atoms with Crippen molar-refractivity contribution in [3.05, 3.63) is 154 Å². The second-order valence-corrected chi connectivity index (χ2v) is 48.0. The van der Waals surface area contributed by atoms with Gasteiger partial charge < -0.3 is 104 Å². The van der Waals surface area contributed by atoms with Crippen LogP contribution < -0.4 is 61.2 Å². The number of nitrogens with zero attached hydrogens (tertiary/aromatic N) is 21. The zero-order valence-corrected chi connectivity index (χ0v) is 82.7. The Labute approximate surface area is 785 Å². The SMILES string of the molecule is C=CC(=O)Nc1cc(N)c(OC)cc1N1CCC(N(C)C)CC1.C=CC(=O)Nc1cc(Nc2nc(-c3cnn(C)c3)c3ccn(CO)c3n2)c(OC)cc1N1CCC(N(C)C)CC1.C=CC(=O)Nc1cc(Nc2nc(-c3cnn(C)c3)c3ccn(COCC[Si](C)(C)C)c3n2)c(OC)cc1N1CCC(N(C)C)CC1.Cn1cc(-c2nc(Cl)nc3c2ccn3COCC[Si](C)(C)C)cn1. The fourth-order valence-corrected chi connectivity index (χ4v) is 17.8. The van der Waals surface area contributed by atoms with Gasteiger partial charge in [-0.1, -0.05) is 59.0 Å². The lowest BCUT2D eigenvalue weighted by Gasteiger charge is -2.37. The third-order valence-electron chi connectivity index (χ3n) is 23.8. The summed E-state index contributed by atoms with van der Waals surface area (Å²) in [4.78, 5) is 78.4. The van der Waals surface area contributed by atoms with Crippen LogP contribution in [0, 0.1) is 0 Å². The van der Waals surface area contributed by atoms with Crippen LogP contribution in [0.5, 0.6) is 17.2 Å². The molecule has 3 aliphatic heterocycles. The summed E-state index contributed by atoms with van der Waals surface area (Å²) in [6.07, 6.45) is 26.8. The summed E-state index contributed by atoms with van der Waals surface area (Å²) in [5, 5.41) is 41.1. The van der Waals surface area contributed by atoms with Crippen molar-refractivity contribution in [1.82, 2.24) is 87.6 Å². The number of hydrogen-bond acceptors (Lipinski definition) is 27. The number of fused-ring (bicyclic) bond motifs is 3. The van der Waals surface area contributed by atoms with E-state index in [0.717, 1.165) is 169 Å². The number of benzene rings is 3. The number of hydrogen-bond donors (Lipinski definition) is 7. The van der Waals surface area contributed by atoms with E-state index in [9.17, 15) is 19.5 Å². The van der Waals surface area contributed by atoms with Crippen LogP contribution in [0.15, 0.2) is 148 Å². The summed E-state index contributed by atoms with van der Waals surface area (Å²) >= 11 is 6.13. The number of aromatic nitrogens is 15. The van der Waals surface area contributed by atoms with Gasteiger partial charge in [0.1, 0.15) is 54.4 Å². The molecule has 12 aromatic rings. The molecule has 0 spiro atoms. The van der Waals surface area contributed by atoms with Crippen LogP contribution in [-0.4, -0.2) is 261 Å².